The Hall–Kier alpha value is -3.66. The van der Waals surface area contributed by atoms with Crippen LogP contribution in [0.1, 0.15) is 11.1 Å². The molecule has 0 aliphatic rings. The van der Waals surface area contributed by atoms with Crippen LogP contribution in [0.3, 0.4) is 0 Å². The fourth-order valence-electron chi connectivity index (χ4n) is 3.98. The van der Waals surface area contributed by atoms with E-state index in [4.69, 9.17) is 0 Å². The van der Waals surface area contributed by atoms with E-state index in [1.54, 1.807) is 24.3 Å². The maximum Gasteiger partial charge on any atom is 0.0575 e. The van der Waals surface area contributed by atoms with E-state index >= 15 is 0 Å². The van der Waals surface area contributed by atoms with Gasteiger partial charge in [-0.05, 0) is 45.5 Å². The average molecular weight is 382 g/mol. The Bertz CT molecular complexity index is 1120. The zero-order valence-corrected chi connectivity index (χ0v) is 15.6. The van der Waals surface area contributed by atoms with E-state index < -0.39 is 17.4 Å². The van der Waals surface area contributed by atoms with Crippen LogP contribution in [0.25, 0.3) is 21.5 Å². The second kappa shape index (κ2) is 7.40. The molecule has 0 aliphatic heterocycles. The summed E-state index contributed by atoms with van der Waals surface area (Å²) in [5.41, 5.74) is -0.915. The largest absolute Gasteiger partial charge is 0.549 e. The third-order valence-corrected chi connectivity index (χ3v) is 5.53. The maximum absolute atomic E-state index is 12.2. The first-order valence-corrected chi connectivity index (χ1v) is 9.37. The molecule has 4 heteroatoms. The Morgan fingerprint density at radius 3 is 1.38 bits per heavy atom. The second-order valence-electron chi connectivity index (χ2n) is 7.29. The summed E-state index contributed by atoms with van der Waals surface area (Å²) in [6.45, 7) is 0. The lowest BCUT2D eigenvalue weighted by atomic mass is 9.75. The summed E-state index contributed by atoms with van der Waals surface area (Å²) in [4.78, 5) is 24.4. The summed E-state index contributed by atoms with van der Waals surface area (Å²) in [6.07, 6.45) is -0.440. The number of carboxylic acids is 2. The van der Waals surface area contributed by atoms with E-state index in [9.17, 15) is 19.8 Å². The molecule has 4 aromatic rings. The Morgan fingerprint density at radius 1 is 0.586 bits per heavy atom. The standard InChI is InChI=1S/C25H20O4/c26-23(27)25(24(28)29,15-19-11-5-9-17-7-1-3-13-21(17)19)16-20-12-6-10-18-8-2-4-14-22(18)20/h1-14H,15-16H2,(H,26,27)(H,28,29)/p-2. The number of carbonyl (C=O) groups is 2. The average Bonchev–Trinajstić information content (AvgIpc) is 2.73. The molecule has 0 atom stereocenters. The van der Waals surface area contributed by atoms with Gasteiger partial charge in [0, 0.05) is 0 Å². The molecule has 0 saturated heterocycles. The number of carboxylic acid groups (broad SMARTS) is 2. The second-order valence-corrected chi connectivity index (χ2v) is 7.29. The van der Waals surface area contributed by atoms with Crippen molar-refractivity contribution < 1.29 is 19.8 Å². The molecule has 0 radical (unpaired) electrons. The van der Waals surface area contributed by atoms with E-state index in [0.717, 1.165) is 21.5 Å². The normalized spacial score (nSPS) is 11.6. The van der Waals surface area contributed by atoms with Crippen LogP contribution in [0.5, 0.6) is 0 Å². The van der Waals surface area contributed by atoms with Crippen LogP contribution in [-0.2, 0) is 22.4 Å². The molecule has 4 rings (SSSR count). The molecule has 0 fully saturated rings. The minimum atomic E-state index is -2.19. The quantitative estimate of drug-likeness (QED) is 0.479. The van der Waals surface area contributed by atoms with Crippen molar-refractivity contribution in [2.45, 2.75) is 12.8 Å². The van der Waals surface area contributed by atoms with Gasteiger partial charge in [-0.1, -0.05) is 84.9 Å². The number of hydrogen-bond donors (Lipinski definition) is 0. The first-order chi connectivity index (χ1) is 14.0. The topological polar surface area (TPSA) is 80.3 Å². The van der Waals surface area contributed by atoms with Crippen molar-refractivity contribution in [1.29, 1.82) is 0 Å². The molecule has 29 heavy (non-hydrogen) atoms. The lowest BCUT2D eigenvalue weighted by Gasteiger charge is -2.37. The zero-order valence-electron chi connectivity index (χ0n) is 15.6. The summed E-state index contributed by atoms with van der Waals surface area (Å²) >= 11 is 0. The third-order valence-electron chi connectivity index (χ3n) is 5.53. The van der Waals surface area contributed by atoms with Gasteiger partial charge in [0.1, 0.15) is 0 Å². The smallest absolute Gasteiger partial charge is 0.0575 e. The minimum absolute atomic E-state index is 0.220. The van der Waals surface area contributed by atoms with E-state index in [2.05, 4.69) is 0 Å². The molecule has 0 aliphatic carbocycles. The highest BCUT2D eigenvalue weighted by molar-refractivity contribution is 5.99. The maximum atomic E-state index is 12.2. The molecule has 0 unspecified atom stereocenters. The SMILES string of the molecule is O=C([O-])C(Cc1cccc2ccccc12)(Cc1cccc2ccccc12)C(=O)[O-]. The molecule has 4 nitrogen and oxygen atoms in total. The fraction of sp³-hybridized carbons (Fsp3) is 0.120. The third kappa shape index (κ3) is 3.34. The molecule has 0 saturated carbocycles. The van der Waals surface area contributed by atoms with E-state index in [1.807, 2.05) is 60.7 Å². The monoisotopic (exact) mass is 382 g/mol. The number of aliphatic carboxylic acids is 2. The number of fused-ring (bicyclic) bond motifs is 2. The van der Waals surface area contributed by atoms with Crippen LogP contribution in [-0.4, -0.2) is 11.9 Å². The summed E-state index contributed by atoms with van der Waals surface area (Å²) in [5.74, 6) is -3.28. The lowest BCUT2D eigenvalue weighted by Crippen LogP contribution is -2.56. The van der Waals surface area contributed by atoms with Crippen molar-refractivity contribution >= 4 is 33.5 Å². The molecule has 0 bridgehead atoms. The van der Waals surface area contributed by atoms with Crippen molar-refractivity contribution in [3.05, 3.63) is 96.1 Å². The van der Waals surface area contributed by atoms with E-state index in [1.165, 1.54) is 0 Å². The van der Waals surface area contributed by atoms with Gasteiger partial charge in [0.15, 0.2) is 0 Å². The minimum Gasteiger partial charge on any atom is -0.549 e. The molecule has 0 N–H and O–H groups in total. The highest BCUT2D eigenvalue weighted by atomic mass is 16.4. The van der Waals surface area contributed by atoms with Gasteiger partial charge >= 0.3 is 0 Å². The predicted molar refractivity (Wildman–Crippen MR) is 108 cm³/mol. The van der Waals surface area contributed by atoms with Crippen LogP contribution in [0.4, 0.5) is 0 Å². The highest BCUT2D eigenvalue weighted by Crippen LogP contribution is 2.33. The van der Waals surface area contributed by atoms with Gasteiger partial charge in [0.2, 0.25) is 0 Å². The summed E-state index contributed by atoms with van der Waals surface area (Å²) < 4.78 is 0. The van der Waals surface area contributed by atoms with Crippen LogP contribution in [0.15, 0.2) is 84.9 Å². The van der Waals surface area contributed by atoms with Crippen LogP contribution >= 0.6 is 0 Å². The van der Waals surface area contributed by atoms with Crippen LogP contribution in [0.2, 0.25) is 0 Å². The molecule has 0 spiro atoms. The first-order valence-electron chi connectivity index (χ1n) is 9.37. The Balaban J connectivity index is 1.85. The van der Waals surface area contributed by atoms with E-state index in [0.29, 0.717) is 11.1 Å². The zero-order chi connectivity index (χ0) is 20.4. The Morgan fingerprint density at radius 2 is 0.966 bits per heavy atom. The number of rotatable bonds is 6. The molecular weight excluding hydrogens is 364 g/mol. The molecule has 0 amide bonds. The van der Waals surface area contributed by atoms with Gasteiger partial charge in [-0.2, -0.15) is 0 Å². The first kappa shape index (κ1) is 18.7. The number of carbonyl (C=O) groups excluding carboxylic acids is 2. The Labute approximate surface area is 168 Å². The van der Waals surface area contributed by atoms with E-state index in [-0.39, 0.29) is 12.8 Å². The van der Waals surface area contributed by atoms with Crippen molar-refractivity contribution in [2.24, 2.45) is 5.41 Å². The van der Waals surface area contributed by atoms with Gasteiger partial charge in [-0.15, -0.1) is 0 Å². The molecule has 0 aromatic heterocycles. The van der Waals surface area contributed by atoms with Gasteiger partial charge in [0.25, 0.3) is 0 Å². The predicted octanol–water partition coefficient (Wildman–Crippen LogP) is 2.26. The van der Waals surface area contributed by atoms with Crippen molar-refractivity contribution in [2.75, 3.05) is 0 Å². The molecule has 144 valence electrons. The molecular formula is C25H18O4-2. The molecule has 0 heterocycles. The summed E-state index contributed by atoms with van der Waals surface area (Å²) in [6, 6.07) is 25.9. The Kier molecular flexibility index (Phi) is 4.77. The van der Waals surface area contributed by atoms with Gasteiger partial charge < -0.3 is 19.8 Å². The van der Waals surface area contributed by atoms with Crippen molar-refractivity contribution in [3.63, 3.8) is 0 Å². The fourth-order valence-corrected chi connectivity index (χ4v) is 3.98. The molecule has 4 aromatic carbocycles. The lowest BCUT2D eigenvalue weighted by molar-refractivity contribution is -0.343. The summed E-state index contributed by atoms with van der Waals surface area (Å²) in [5, 5.41) is 27.9. The summed E-state index contributed by atoms with van der Waals surface area (Å²) in [7, 11) is 0. The van der Waals surface area contributed by atoms with Gasteiger partial charge in [-0.25, -0.2) is 0 Å². The van der Waals surface area contributed by atoms with Gasteiger partial charge in [-0.3, -0.25) is 0 Å². The van der Waals surface area contributed by atoms with Crippen LogP contribution in [0, 0.1) is 5.41 Å². The van der Waals surface area contributed by atoms with Crippen molar-refractivity contribution in [3.8, 4) is 0 Å². The van der Waals surface area contributed by atoms with Gasteiger partial charge in [0.05, 0.1) is 17.4 Å². The van der Waals surface area contributed by atoms with Crippen molar-refractivity contribution in [1.82, 2.24) is 0 Å². The number of benzene rings is 4. The van der Waals surface area contributed by atoms with Crippen LogP contribution < -0.4 is 10.2 Å². The number of hydrogen-bond acceptors (Lipinski definition) is 4. The highest BCUT2D eigenvalue weighted by Gasteiger charge is 2.35.